The number of nitrogens with one attached hydrogen (secondary N) is 2. The lowest BCUT2D eigenvalue weighted by molar-refractivity contribution is -0.384. The number of hydrogen-bond donors (Lipinski definition) is 3. The van der Waals surface area contributed by atoms with Crippen molar-refractivity contribution in [1.82, 2.24) is 4.98 Å². The molecule has 0 radical (unpaired) electrons. The van der Waals surface area contributed by atoms with Crippen molar-refractivity contribution in [2.24, 2.45) is 5.92 Å². The molecule has 1 aliphatic rings. The van der Waals surface area contributed by atoms with Crippen LogP contribution in [0.15, 0.2) is 12.1 Å². The Bertz CT molecular complexity index is 495. The van der Waals surface area contributed by atoms with E-state index in [0.717, 1.165) is 25.7 Å². The Labute approximate surface area is 123 Å². The third kappa shape index (κ3) is 3.81. The lowest BCUT2D eigenvalue weighted by Gasteiger charge is -2.31. The maximum atomic E-state index is 11.1. The molecule has 1 fully saturated rings. The predicted molar refractivity (Wildman–Crippen MR) is 81.5 cm³/mol. The molecule has 1 heterocycles. The minimum atomic E-state index is -0.429. The second-order valence-electron chi connectivity index (χ2n) is 5.33. The van der Waals surface area contributed by atoms with E-state index < -0.39 is 4.92 Å². The summed E-state index contributed by atoms with van der Waals surface area (Å²) in [6.45, 7) is 2.74. The normalized spacial score (nSPS) is 21.8. The van der Waals surface area contributed by atoms with Gasteiger partial charge < -0.3 is 15.7 Å². The van der Waals surface area contributed by atoms with Crippen LogP contribution in [0.25, 0.3) is 0 Å². The van der Waals surface area contributed by atoms with E-state index in [1.165, 1.54) is 6.07 Å². The molecule has 0 aliphatic heterocycles. The Hall–Kier alpha value is -1.89. The third-order valence-electron chi connectivity index (χ3n) is 3.89. The van der Waals surface area contributed by atoms with Crippen molar-refractivity contribution in [2.75, 3.05) is 23.8 Å². The van der Waals surface area contributed by atoms with Gasteiger partial charge in [0.15, 0.2) is 0 Å². The Morgan fingerprint density at radius 3 is 2.86 bits per heavy atom. The Kier molecular flexibility index (Phi) is 5.32. The van der Waals surface area contributed by atoms with E-state index in [2.05, 4.69) is 15.6 Å². The molecule has 0 saturated heterocycles. The van der Waals surface area contributed by atoms with Crippen LogP contribution in [0, 0.1) is 16.0 Å². The largest absolute Gasteiger partial charge is 0.396 e. The molecule has 1 saturated carbocycles. The number of nitrogens with zero attached hydrogens (tertiary/aromatic N) is 2. The van der Waals surface area contributed by atoms with E-state index in [9.17, 15) is 15.2 Å². The zero-order valence-electron chi connectivity index (χ0n) is 12.2. The molecule has 2 rings (SSSR count). The predicted octanol–water partition coefficient (Wildman–Crippen LogP) is 2.38. The molecule has 0 spiro atoms. The lowest BCUT2D eigenvalue weighted by Crippen LogP contribution is -2.34. The molecule has 21 heavy (non-hydrogen) atoms. The average Bonchev–Trinajstić information content (AvgIpc) is 2.48. The first-order chi connectivity index (χ1) is 10.2. The van der Waals surface area contributed by atoms with Crippen LogP contribution < -0.4 is 10.6 Å². The number of anilines is 2. The van der Waals surface area contributed by atoms with Crippen LogP contribution >= 0.6 is 0 Å². The van der Waals surface area contributed by atoms with E-state index >= 15 is 0 Å². The van der Waals surface area contributed by atoms with Crippen molar-refractivity contribution in [3.63, 3.8) is 0 Å². The zero-order chi connectivity index (χ0) is 15.2. The van der Waals surface area contributed by atoms with Gasteiger partial charge in [0.2, 0.25) is 5.82 Å². The van der Waals surface area contributed by atoms with Crippen molar-refractivity contribution in [3.8, 4) is 0 Å². The fourth-order valence-corrected chi connectivity index (χ4v) is 2.78. The first kappa shape index (κ1) is 15.5. The molecule has 2 atom stereocenters. The number of aromatic nitrogens is 1. The van der Waals surface area contributed by atoms with Gasteiger partial charge in [-0.2, -0.15) is 0 Å². The SMILES string of the molecule is CCNc1ccc([N+](=O)[O-])c(NC2CCCCC2CO)n1. The van der Waals surface area contributed by atoms with Gasteiger partial charge in [0.05, 0.1) is 4.92 Å². The molecular formula is C14H22N4O3. The van der Waals surface area contributed by atoms with Gasteiger partial charge >= 0.3 is 5.69 Å². The van der Waals surface area contributed by atoms with Gasteiger partial charge in [-0.1, -0.05) is 12.8 Å². The highest BCUT2D eigenvalue weighted by molar-refractivity contribution is 5.60. The van der Waals surface area contributed by atoms with Crippen molar-refractivity contribution in [2.45, 2.75) is 38.6 Å². The maximum Gasteiger partial charge on any atom is 0.311 e. The minimum absolute atomic E-state index is 0.0288. The number of aliphatic hydroxyl groups excluding tert-OH is 1. The fourth-order valence-electron chi connectivity index (χ4n) is 2.78. The van der Waals surface area contributed by atoms with Gasteiger partial charge in [0.25, 0.3) is 0 Å². The Morgan fingerprint density at radius 1 is 1.43 bits per heavy atom. The number of hydrogen-bond acceptors (Lipinski definition) is 6. The molecular weight excluding hydrogens is 272 g/mol. The summed E-state index contributed by atoms with van der Waals surface area (Å²) in [6.07, 6.45) is 4.00. The topological polar surface area (TPSA) is 100 Å². The molecule has 3 N–H and O–H groups in total. The molecule has 0 bridgehead atoms. The summed E-state index contributed by atoms with van der Waals surface area (Å²) in [4.78, 5) is 15.0. The highest BCUT2D eigenvalue weighted by Gasteiger charge is 2.27. The van der Waals surface area contributed by atoms with Crippen molar-refractivity contribution in [3.05, 3.63) is 22.2 Å². The molecule has 1 aromatic heterocycles. The van der Waals surface area contributed by atoms with Crippen LogP contribution in [0.3, 0.4) is 0 Å². The smallest absolute Gasteiger partial charge is 0.311 e. The average molecular weight is 294 g/mol. The lowest BCUT2D eigenvalue weighted by atomic mass is 9.85. The zero-order valence-corrected chi connectivity index (χ0v) is 12.2. The van der Waals surface area contributed by atoms with Crippen molar-refractivity contribution in [1.29, 1.82) is 0 Å². The highest BCUT2D eigenvalue weighted by Crippen LogP contribution is 2.30. The van der Waals surface area contributed by atoms with Crippen molar-refractivity contribution < 1.29 is 10.0 Å². The van der Waals surface area contributed by atoms with Crippen LogP contribution in [-0.2, 0) is 0 Å². The summed E-state index contributed by atoms with van der Waals surface area (Å²) in [5.41, 5.74) is -0.0288. The monoisotopic (exact) mass is 294 g/mol. The molecule has 1 aliphatic carbocycles. The molecule has 7 nitrogen and oxygen atoms in total. The van der Waals surface area contributed by atoms with Crippen molar-refractivity contribution >= 4 is 17.3 Å². The number of pyridine rings is 1. The second-order valence-corrected chi connectivity index (χ2v) is 5.33. The summed E-state index contributed by atoms with van der Waals surface area (Å²) in [5, 5.41) is 26.8. The van der Waals surface area contributed by atoms with Gasteiger partial charge in [-0.05, 0) is 25.8 Å². The summed E-state index contributed by atoms with van der Waals surface area (Å²) in [6, 6.07) is 3.10. The fraction of sp³-hybridized carbons (Fsp3) is 0.643. The van der Waals surface area contributed by atoms with E-state index in [1.807, 2.05) is 6.92 Å². The Morgan fingerprint density at radius 2 is 2.19 bits per heavy atom. The van der Waals surface area contributed by atoms with E-state index in [0.29, 0.717) is 12.4 Å². The highest BCUT2D eigenvalue weighted by atomic mass is 16.6. The quantitative estimate of drug-likeness (QED) is 0.550. The summed E-state index contributed by atoms with van der Waals surface area (Å²) >= 11 is 0. The number of aliphatic hydroxyl groups is 1. The third-order valence-corrected chi connectivity index (χ3v) is 3.89. The van der Waals surface area contributed by atoms with Gasteiger partial charge in [-0.15, -0.1) is 0 Å². The van der Waals surface area contributed by atoms with Crippen LogP contribution in [-0.4, -0.2) is 34.2 Å². The first-order valence-corrected chi connectivity index (χ1v) is 7.42. The molecule has 1 aromatic rings. The number of rotatable bonds is 6. The second kappa shape index (κ2) is 7.21. The summed E-state index contributed by atoms with van der Waals surface area (Å²) in [7, 11) is 0. The molecule has 7 heteroatoms. The minimum Gasteiger partial charge on any atom is -0.396 e. The molecule has 0 aromatic carbocycles. The van der Waals surface area contributed by atoms with Crippen LogP contribution in [0.1, 0.15) is 32.6 Å². The van der Waals surface area contributed by atoms with E-state index in [-0.39, 0.29) is 30.1 Å². The molecule has 0 amide bonds. The summed E-state index contributed by atoms with van der Waals surface area (Å²) < 4.78 is 0. The molecule has 2 unspecified atom stereocenters. The Balaban J connectivity index is 2.23. The number of nitro groups is 1. The van der Waals surface area contributed by atoms with Gasteiger partial charge in [0.1, 0.15) is 5.82 Å². The molecule has 116 valence electrons. The van der Waals surface area contributed by atoms with Gasteiger partial charge in [-0.25, -0.2) is 4.98 Å². The van der Waals surface area contributed by atoms with Crippen LogP contribution in [0.4, 0.5) is 17.3 Å². The van der Waals surface area contributed by atoms with E-state index in [1.54, 1.807) is 6.07 Å². The van der Waals surface area contributed by atoms with Gasteiger partial charge in [0, 0.05) is 31.2 Å². The van der Waals surface area contributed by atoms with Crippen LogP contribution in [0.2, 0.25) is 0 Å². The maximum absolute atomic E-state index is 11.1. The van der Waals surface area contributed by atoms with Gasteiger partial charge in [-0.3, -0.25) is 10.1 Å². The van der Waals surface area contributed by atoms with E-state index in [4.69, 9.17) is 0 Å². The van der Waals surface area contributed by atoms with Crippen LogP contribution in [0.5, 0.6) is 0 Å². The standard InChI is InChI=1S/C14H22N4O3/c1-2-15-13-8-7-12(18(20)21)14(17-13)16-11-6-4-3-5-10(11)9-19/h7-8,10-11,19H,2-6,9H2,1H3,(H2,15,16,17). The summed E-state index contributed by atoms with van der Waals surface area (Å²) in [5.74, 6) is 1.02. The first-order valence-electron chi connectivity index (χ1n) is 7.42.